The van der Waals surface area contributed by atoms with Crippen molar-refractivity contribution in [3.8, 4) is 22.6 Å². The molecular weight excluding hydrogens is 452 g/mol. The molecule has 2 aromatic carbocycles. The molecular formula is C26H29ClN4O3. The lowest BCUT2D eigenvalue weighted by atomic mass is 9.85. The van der Waals surface area contributed by atoms with Gasteiger partial charge in [0.1, 0.15) is 5.75 Å². The molecule has 4 rings (SSSR count). The zero-order valence-electron chi connectivity index (χ0n) is 19.8. The molecule has 0 spiro atoms. The first-order chi connectivity index (χ1) is 16.0. The molecule has 178 valence electrons. The average Bonchev–Trinajstić information content (AvgIpc) is 2.74. The minimum atomic E-state index is -0.310. The number of aromatic nitrogens is 2. The summed E-state index contributed by atoms with van der Waals surface area (Å²) in [5.74, 6) is 0.682. The fraction of sp³-hybridized carbons (Fsp3) is 0.346. The molecule has 0 aliphatic carbocycles. The Balaban J connectivity index is 1.49. The van der Waals surface area contributed by atoms with Crippen molar-refractivity contribution in [2.75, 3.05) is 5.73 Å². The van der Waals surface area contributed by atoms with Gasteiger partial charge in [-0.15, -0.1) is 0 Å². The standard InChI is InChI=1S/C26H29ClN4O3/c1-25(2)13-18(14-26(3,4)34-25)31-24(32)16-8-9-21(20(27)12-16)33-22-7-5-6-19(23(22)28)17-10-11-29-30-15-17/h5-12,15,18H,13-14,28H2,1-4H3,(H,31,32). The lowest BCUT2D eigenvalue weighted by Gasteiger charge is -2.45. The van der Waals surface area contributed by atoms with Crippen molar-refractivity contribution in [1.82, 2.24) is 15.5 Å². The zero-order valence-corrected chi connectivity index (χ0v) is 20.5. The molecule has 2 heterocycles. The second-order valence-corrected chi connectivity index (χ2v) is 10.2. The molecule has 1 aliphatic heterocycles. The van der Waals surface area contributed by atoms with E-state index in [2.05, 4.69) is 15.5 Å². The van der Waals surface area contributed by atoms with E-state index in [9.17, 15) is 4.79 Å². The Morgan fingerprint density at radius 1 is 1.09 bits per heavy atom. The summed E-state index contributed by atoms with van der Waals surface area (Å²) in [5, 5.41) is 11.1. The van der Waals surface area contributed by atoms with E-state index >= 15 is 0 Å². The first-order valence-electron chi connectivity index (χ1n) is 11.2. The largest absolute Gasteiger partial charge is 0.454 e. The first kappa shape index (κ1) is 24.0. The van der Waals surface area contributed by atoms with Crippen LogP contribution >= 0.6 is 11.6 Å². The summed E-state index contributed by atoms with van der Waals surface area (Å²) in [4.78, 5) is 12.9. The Morgan fingerprint density at radius 2 is 1.82 bits per heavy atom. The highest BCUT2D eigenvalue weighted by Gasteiger charge is 2.39. The molecule has 1 fully saturated rings. The Kier molecular flexibility index (Phi) is 6.51. The van der Waals surface area contributed by atoms with Gasteiger partial charge >= 0.3 is 0 Å². The summed E-state index contributed by atoms with van der Waals surface area (Å²) < 4.78 is 12.1. The van der Waals surface area contributed by atoms with Crippen molar-refractivity contribution in [2.24, 2.45) is 0 Å². The van der Waals surface area contributed by atoms with Crippen molar-refractivity contribution >= 4 is 23.2 Å². The molecule has 0 unspecified atom stereocenters. The smallest absolute Gasteiger partial charge is 0.251 e. The number of benzene rings is 2. The van der Waals surface area contributed by atoms with Crippen LogP contribution in [0.4, 0.5) is 5.69 Å². The monoisotopic (exact) mass is 480 g/mol. The number of nitrogens with zero attached hydrogens (tertiary/aromatic N) is 2. The van der Waals surface area contributed by atoms with Crippen LogP contribution in [-0.4, -0.2) is 33.3 Å². The topological polar surface area (TPSA) is 99.4 Å². The van der Waals surface area contributed by atoms with Crippen LogP contribution in [0.15, 0.2) is 54.9 Å². The first-order valence-corrected chi connectivity index (χ1v) is 11.5. The van der Waals surface area contributed by atoms with Crippen LogP contribution in [0, 0.1) is 0 Å². The van der Waals surface area contributed by atoms with Crippen LogP contribution in [0.2, 0.25) is 5.02 Å². The van der Waals surface area contributed by atoms with Crippen LogP contribution in [0.3, 0.4) is 0 Å². The SMILES string of the molecule is CC1(C)CC(NC(=O)c2ccc(Oc3cccc(-c4ccnnc4)c3N)c(Cl)c2)CC(C)(C)O1. The van der Waals surface area contributed by atoms with Gasteiger partial charge in [0.15, 0.2) is 5.75 Å². The van der Waals surface area contributed by atoms with Gasteiger partial charge in [0, 0.05) is 22.7 Å². The molecule has 8 heteroatoms. The number of amides is 1. The maximum atomic E-state index is 12.9. The minimum Gasteiger partial charge on any atom is -0.454 e. The second kappa shape index (κ2) is 9.24. The molecule has 0 atom stereocenters. The molecule has 1 amide bonds. The third-order valence-corrected chi connectivity index (χ3v) is 6.03. The van der Waals surface area contributed by atoms with Crippen LogP contribution in [0.25, 0.3) is 11.1 Å². The number of carbonyl (C=O) groups excluding carboxylic acids is 1. The number of hydrogen-bond donors (Lipinski definition) is 2. The summed E-state index contributed by atoms with van der Waals surface area (Å²) in [6.07, 6.45) is 4.71. The summed E-state index contributed by atoms with van der Waals surface area (Å²) in [6.45, 7) is 8.17. The number of anilines is 1. The quantitative estimate of drug-likeness (QED) is 0.458. The summed E-state index contributed by atoms with van der Waals surface area (Å²) in [5.41, 5.74) is 8.26. The summed E-state index contributed by atoms with van der Waals surface area (Å²) >= 11 is 6.48. The molecule has 1 aromatic heterocycles. The van der Waals surface area contributed by atoms with Gasteiger partial charge in [0.05, 0.1) is 34.3 Å². The molecule has 3 aromatic rings. The number of nitrogens with one attached hydrogen (secondary N) is 1. The maximum Gasteiger partial charge on any atom is 0.251 e. The van der Waals surface area contributed by atoms with Crippen LogP contribution < -0.4 is 15.8 Å². The third-order valence-electron chi connectivity index (χ3n) is 5.74. The highest BCUT2D eigenvalue weighted by molar-refractivity contribution is 6.32. The lowest BCUT2D eigenvalue weighted by molar-refractivity contribution is -0.162. The Bertz CT molecular complexity index is 1180. The predicted molar refractivity (Wildman–Crippen MR) is 133 cm³/mol. The van der Waals surface area contributed by atoms with Gasteiger partial charge in [-0.05, 0) is 70.9 Å². The van der Waals surface area contributed by atoms with Crippen molar-refractivity contribution in [3.63, 3.8) is 0 Å². The Morgan fingerprint density at radius 3 is 2.47 bits per heavy atom. The summed E-state index contributed by atoms with van der Waals surface area (Å²) in [7, 11) is 0. The highest BCUT2D eigenvalue weighted by atomic mass is 35.5. The van der Waals surface area contributed by atoms with Gasteiger partial charge in [-0.25, -0.2) is 0 Å². The van der Waals surface area contributed by atoms with E-state index in [4.69, 9.17) is 26.8 Å². The maximum absolute atomic E-state index is 12.9. The van der Waals surface area contributed by atoms with Crippen molar-refractivity contribution in [3.05, 3.63) is 65.4 Å². The van der Waals surface area contributed by atoms with E-state index in [1.165, 1.54) is 0 Å². The molecule has 1 aliphatic rings. The number of halogens is 1. The fourth-order valence-electron chi connectivity index (χ4n) is 4.64. The van der Waals surface area contributed by atoms with Gasteiger partial charge in [0.2, 0.25) is 0 Å². The number of hydrogen-bond acceptors (Lipinski definition) is 6. The van der Waals surface area contributed by atoms with Crippen molar-refractivity contribution in [2.45, 2.75) is 57.8 Å². The predicted octanol–water partition coefficient (Wildman–Crippen LogP) is 5.64. The van der Waals surface area contributed by atoms with Crippen LogP contribution in [-0.2, 0) is 4.74 Å². The number of para-hydroxylation sites is 1. The highest BCUT2D eigenvalue weighted by Crippen LogP contribution is 2.38. The molecule has 34 heavy (non-hydrogen) atoms. The van der Waals surface area contributed by atoms with E-state index in [-0.39, 0.29) is 23.2 Å². The van der Waals surface area contributed by atoms with E-state index in [1.807, 2.05) is 45.9 Å². The summed E-state index contributed by atoms with van der Waals surface area (Å²) in [6, 6.07) is 12.3. The van der Waals surface area contributed by atoms with Crippen LogP contribution in [0.1, 0.15) is 50.9 Å². The lowest BCUT2D eigenvalue weighted by Crippen LogP contribution is -2.52. The van der Waals surface area contributed by atoms with E-state index in [1.54, 1.807) is 36.7 Å². The normalized spacial score (nSPS) is 17.2. The molecule has 0 radical (unpaired) electrons. The van der Waals surface area contributed by atoms with Gasteiger partial charge in [-0.2, -0.15) is 10.2 Å². The number of carbonyl (C=O) groups is 1. The molecule has 3 N–H and O–H groups in total. The minimum absolute atomic E-state index is 0.00571. The number of nitrogen functional groups attached to an aromatic ring is 1. The van der Waals surface area contributed by atoms with E-state index < -0.39 is 0 Å². The fourth-order valence-corrected chi connectivity index (χ4v) is 4.86. The average molecular weight is 481 g/mol. The zero-order chi connectivity index (χ0) is 24.5. The Labute approximate surface area is 204 Å². The van der Waals surface area contributed by atoms with E-state index in [0.717, 1.165) is 24.0 Å². The Hall–Kier alpha value is -3.16. The molecule has 0 saturated carbocycles. The molecule has 7 nitrogen and oxygen atoms in total. The van der Waals surface area contributed by atoms with E-state index in [0.29, 0.717) is 27.8 Å². The third kappa shape index (κ3) is 5.48. The molecule has 0 bridgehead atoms. The van der Waals surface area contributed by atoms with Crippen LogP contribution in [0.5, 0.6) is 11.5 Å². The van der Waals surface area contributed by atoms with Crippen molar-refractivity contribution in [1.29, 1.82) is 0 Å². The molecule has 1 saturated heterocycles. The number of ether oxygens (including phenoxy) is 2. The van der Waals surface area contributed by atoms with Gasteiger partial charge in [-0.3, -0.25) is 4.79 Å². The number of rotatable bonds is 5. The number of nitrogens with two attached hydrogens (primary N) is 1. The second-order valence-electron chi connectivity index (χ2n) is 9.80. The van der Waals surface area contributed by atoms with Crippen molar-refractivity contribution < 1.29 is 14.3 Å². The van der Waals surface area contributed by atoms with Gasteiger partial charge < -0.3 is 20.5 Å². The van der Waals surface area contributed by atoms with Gasteiger partial charge in [-0.1, -0.05) is 23.7 Å². The van der Waals surface area contributed by atoms with Gasteiger partial charge in [0.25, 0.3) is 5.91 Å².